The van der Waals surface area contributed by atoms with Gasteiger partial charge in [0.1, 0.15) is 0 Å². The van der Waals surface area contributed by atoms with Crippen LogP contribution in [0.3, 0.4) is 0 Å². The molecule has 0 unspecified atom stereocenters. The van der Waals surface area contributed by atoms with Gasteiger partial charge in [-0.15, -0.1) is 0 Å². The average molecular weight is 510 g/mol. The minimum Gasteiger partial charge on any atom is -0.310 e. The third-order valence-electron chi connectivity index (χ3n) is 8.26. The number of benzene rings is 8. The quantitative estimate of drug-likeness (QED) is 0.168. The molecule has 0 aliphatic carbocycles. The van der Waals surface area contributed by atoms with Crippen LogP contribution < -0.4 is 4.90 Å². The van der Waals surface area contributed by atoms with Gasteiger partial charge in [0, 0.05) is 22.1 Å². The largest absolute Gasteiger partial charge is 0.310 e. The number of para-hydroxylation sites is 1. The van der Waals surface area contributed by atoms with Gasteiger partial charge in [0.05, 0.1) is 5.69 Å². The number of aryl methyl sites for hydroxylation is 1. The Bertz CT molecular complexity index is 2140. The molecule has 0 saturated carbocycles. The number of hydrogen-bond acceptors (Lipinski definition) is 1. The Morgan fingerprint density at radius 3 is 1.77 bits per heavy atom. The van der Waals surface area contributed by atoms with Crippen molar-refractivity contribution in [2.75, 3.05) is 4.90 Å². The standard InChI is InChI=1S/C39H27N/c1-26-18-20-30(21-19-26)40(29-14-6-3-7-15-29)36-25-24-33-31(27-10-4-2-5-11-27)22-23-34-32-16-8-12-28-13-9-17-35(37(28)32)39(36)38(33)34/h2-25H,1H3. The Hall–Kier alpha value is -5.14. The average Bonchev–Trinajstić information content (AvgIpc) is 3.02. The first kappa shape index (κ1) is 22.8. The van der Waals surface area contributed by atoms with Crippen LogP contribution in [-0.4, -0.2) is 0 Å². The maximum Gasteiger partial charge on any atom is 0.0546 e. The third kappa shape index (κ3) is 3.41. The van der Waals surface area contributed by atoms with Crippen LogP contribution in [0.2, 0.25) is 0 Å². The van der Waals surface area contributed by atoms with Gasteiger partial charge in [-0.05, 0) is 80.7 Å². The second kappa shape index (κ2) is 8.97. The van der Waals surface area contributed by atoms with Crippen molar-refractivity contribution in [1.29, 1.82) is 0 Å². The van der Waals surface area contributed by atoms with Gasteiger partial charge < -0.3 is 4.90 Å². The summed E-state index contributed by atoms with van der Waals surface area (Å²) in [5, 5.41) is 10.4. The van der Waals surface area contributed by atoms with E-state index in [1.807, 2.05) is 0 Å². The zero-order valence-corrected chi connectivity index (χ0v) is 22.3. The minimum atomic E-state index is 1.15. The van der Waals surface area contributed by atoms with Gasteiger partial charge in [-0.3, -0.25) is 0 Å². The summed E-state index contributed by atoms with van der Waals surface area (Å²) in [6.07, 6.45) is 0. The third-order valence-corrected chi connectivity index (χ3v) is 8.26. The second-order valence-electron chi connectivity index (χ2n) is 10.6. The molecule has 0 spiro atoms. The van der Waals surface area contributed by atoms with Gasteiger partial charge in [0.15, 0.2) is 0 Å². The van der Waals surface area contributed by atoms with Crippen LogP contribution in [-0.2, 0) is 0 Å². The van der Waals surface area contributed by atoms with Crippen molar-refractivity contribution in [1.82, 2.24) is 0 Å². The Labute approximate surface area is 233 Å². The van der Waals surface area contributed by atoms with E-state index in [1.54, 1.807) is 0 Å². The lowest BCUT2D eigenvalue weighted by Crippen LogP contribution is -2.10. The van der Waals surface area contributed by atoms with Crippen molar-refractivity contribution in [2.24, 2.45) is 0 Å². The number of rotatable bonds is 4. The number of anilines is 3. The van der Waals surface area contributed by atoms with Crippen LogP contribution >= 0.6 is 0 Å². The van der Waals surface area contributed by atoms with Crippen molar-refractivity contribution in [3.05, 3.63) is 151 Å². The normalized spacial score (nSPS) is 11.6. The van der Waals surface area contributed by atoms with Crippen molar-refractivity contribution in [2.45, 2.75) is 6.92 Å². The van der Waals surface area contributed by atoms with Gasteiger partial charge in [0.2, 0.25) is 0 Å². The van der Waals surface area contributed by atoms with E-state index in [-0.39, 0.29) is 0 Å². The number of hydrogen-bond donors (Lipinski definition) is 0. The van der Waals surface area contributed by atoms with Crippen LogP contribution in [0.5, 0.6) is 0 Å². The molecule has 0 saturated heterocycles. The van der Waals surface area contributed by atoms with Crippen LogP contribution in [0.4, 0.5) is 17.1 Å². The molecule has 0 aliphatic rings. The van der Waals surface area contributed by atoms with Crippen LogP contribution in [0.15, 0.2) is 146 Å². The van der Waals surface area contributed by atoms with Crippen LogP contribution in [0, 0.1) is 6.92 Å². The highest BCUT2D eigenvalue weighted by Crippen LogP contribution is 2.49. The van der Waals surface area contributed by atoms with E-state index in [4.69, 9.17) is 0 Å². The highest BCUT2D eigenvalue weighted by molar-refractivity contribution is 6.36. The Kier molecular flexibility index (Phi) is 5.11. The SMILES string of the molecule is Cc1ccc(N(c2ccccc2)c2ccc3c(-c4ccccc4)ccc4c5cccc6cccc(c2c34)c65)cc1. The summed E-state index contributed by atoms with van der Waals surface area (Å²) in [5.41, 5.74) is 7.25. The molecule has 0 bridgehead atoms. The molecule has 0 aliphatic heterocycles. The van der Waals surface area contributed by atoms with E-state index in [0.717, 1.165) is 11.4 Å². The van der Waals surface area contributed by atoms with E-state index >= 15 is 0 Å². The summed E-state index contributed by atoms with van der Waals surface area (Å²) in [5.74, 6) is 0. The minimum absolute atomic E-state index is 1.15. The molecule has 0 heterocycles. The Morgan fingerprint density at radius 2 is 1.02 bits per heavy atom. The van der Waals surface area contributed by atoms with E-state index < -0.39 is 0 Å². The van der Waals surface area contributed by atoms with Gasteiger partial charge in [0.25, 0.3) is 0 Å². The zero-order valence-electron chi connectivity index (χ0n) is 22.3. The molecule has 1 nitrogen and oxygen atoms in total. The number of nitrogens with zero attached hydrogens (tertiary/aromatic N) is 1. The van der Waals surface area contributed by atoms with E-state index in [1.165, 1.54) is 65.5 Å². The van der Waals surface area contributed by atoms with Gasteiger partial charge >= 0.3 is 0 Å². The molecular formula is C39H27N. The molecule has 0 aromatic heterocycles. The van der Waals surface area contributed by atoms with Crippen molar-refractivity contribution in [3.8, 4) is 11.1 Å². The molecular weight excluding hydrogens is 482 g/mol. The summed E-state index contributed by atoms with van der Waals surface area (Å²) >= 11 is 0. The van der Waals surface area contributed by atoms with E-state index in [0.29, 0.717) is 0 Å². The molecule has 8 aromatic carbocycles. The first-order valence-electron chi connectivity index (χ1n) is 13.9. The van der Waals surface area contributed by atoms with Crippen molar-refractivity contribution < 1.29 is 0 Å². The Morgan fingerprint density at radius 1 is 0.400 bits per heavy atom. The monoisotopic (exact) mass is 509 g/mol. The van der Waals surface area contributed by atoms with Gasteiger partial charge in [-0.25, -0.2) is 0 Å². The fraction of sp³-hybridized carbons (Fsp3) is 0.0256. The molecule has 8 aromatic rings. The molecule has 8 rings (SSSR count). The molecule has 0 radical (unpaired) electrons. The molecule has 0 amide bonds. The van der Waals surface area contributed by atoms with Gasteiger partial charge in [-0.1, -0.05) is 121 Å². The molecule has 1 heteroatoms. The highest BCUT2D eigenvalue weighted by Gasteiger charge is 2.22. The lowest BCUT2D eigenvalue weighted by molar-refractivity contribution is 1.29. The van der Waals surface area contributed by atoms with E-state index in [2.05, 4.69) is 157 Å². The smallest absolute Gasteiger partial charge is 0.0546 e. The molecule has 40 heavy (non-hydrogen) atoms. The summed E-state index contributed by atoms with van der Waals surface area (Å²) in [4.78, 5) is 2.42. The zero-order chi connectivity index (χ0) is 26.6. The molecule has 0 N–H and O–H groups in total. The van der Waals surface area contributed by atoms with Crippen molar-refractivity contribution >= 4 is 60.2 Å². The molecule has 188 valence electrons. The lowest BCUT2D eigenvalue weighted by atomic mass is 9.86. The Balaban J connectivity index is 1.58. The maximum atomic E-state index is 2.42. The first-order chi connectivity index (χ1) is 19.8. The lowest BCUT2D eigenvalue weighted by Gasteiger charge is -2.29. The first-order valence-corrected chi connectivity index (χ1v) is 13.9. The predicted octanol–water partition coefficient (Wildman–Crippen LogP) is 11.2. The fourth-order valence-corrected chi connectivity index (χ4v) is 6.46. The van der Waals surface area contributed by atoms with E-state index in [9.17, 15) is 0 Å². The summed E-state index contributed by atoms with van der Waals surface area (Å²) in [7, 11) is 0. The summed E-state index contributed by atoms with van der Waals surface area (Å²) < 4.78 is 0. The van der Waals surface area contributed by atoms with Crippen molar-refractivity contribution in [3.63, 3.8) is 0 Å². The molecule has 0 atom stereocenters. The summed E-state index contributed by atoms with van der Waals surface area (Å²) in [6.45, 7) is 2.14. The van der Waals surface area contributed by atoms with Crippen LogP contribution in [0.25, 0.3) is 54.2 Å². The topological polar surface area (TPSA) is 3.24 Å². The second-order valence-corrected chi connectivity index (χ2v) is 10.6. The predicted molar refractivity (Wildman–Crippen MR) is 173 cm³/mol. The maximum absolute atomic E-state index is 2.42. The fourth-order valence-electron chi connectivity index (χ4n) is 6.46. The number of fused-ring (bicyclic) bond motifs is 2. The highest BCUT2D eigenvalue weighted by atomic mass is 15.1. The van der Waals surface area contributed by atoms with Crippen LogP contribution in [0.1, 0.15) is 5.56 Å². The molecule has 0 fully saturated rings. The van der Waals surface area contributed by atoms with Gasteiger partial charge in [-0.2, -0.15) is 0 Å². The summed E-state index contributed by atoms with van der Waals surface area (Å²) in [6, 6.07) is 53.1.